The summed E-state index contributed by atoms with van der Waals surface area (Å²) in [5.74, 6) is 0.924. The third kappa shape index (κ3) is 5.19. The Hall–Kier alpha value is -3.43. The molecule has 0 fully saturated rings. The van der Waals surface area contributed by atoms with Crippen molar-refractivity contribution in [1.82, 2.24) is 25.0 Å². The summed E-state index contributed by atoms with van der Waals surface area (Å²) in [6.07, 6.45) is -3.09. The van der Waals surface area contributed by atoms with Gasteiger partial charge in [0.1, 0.15) is 6.61 Å². The van der Waals surface area contributed by atoms with E-state index in [-0.39, 0.29) is 18.7 Å². The molecule has 3 rings (SSSR count). The number of aryl methyl sites for hydroxylation is 1. The third-order valence-electron chi connectivity index (χ3n) is 4.62. The van der Waals surface area contributed by atoms with Crippen molar-refractivity contribution in [2.75, 3.05) is 13.2 Å². The summed E-state index contributed by atoms with van der Waals surface area (Å²) in [5.41, 5.74) is 1.37. The molecular weight excluding hydrogens is 411 g/mol. The van der Waals surface area contributed by atoms with Crippen LogP contribution in [0.2, 0.25) is 0 Å². The fourth-order valence-corrected chi connectivity index (χ4v) is 3.07. The number of nitrogens with zero attached hydrogens (tertiary/aromatic N) is 5. The van der Waals surface area contributed by atoms with E-state index in [1.54, 1.807) is 6.92 Å². The van der Waals surface area contributed by atoms with Gasteiger partial charge in [-0.15, -0.1) is 0 Å². The largest absolute Gasteiger partial charge is 0.461 e. The quantitative estimate of drug-likeness (QED) is 0.513. The van der Waals surface area contributed by atoms with E-state index in [0.717, 1.165) is 16.8 Å². The number of ether oxygens (including phenoxy) is 1. The lowest BCUT2D eigenvalue weighted by molar-refractivity contribution is -0.138. The van der Waals surface area contributed by atoms with Crippen molar-refractivity contribution in [2.45, 2.75) is 33.0 Å². The maximum absolute atomic E-state index is 12.6. The van der Waals surface area contributed by atoms with E-state index < -0.39 is 11.7 Å². The van der Waals surface area contributed by atoms with Gasteiger partial charge in [0.15, 0.2) is 5.82 Å². The van der Waals surface area contributed by atoms with Crippen LogP contribution >= 0.6 is 0 Å². The van der Waals surface area contributed by atoms with Crippen molar-refractivity contribution < 1.29 is 22.4 Å². The van der Waals surface area contributed by atoms with Gasteiger partial charge >= 0.3 is 12.2 Å². The lowest BCUT2D eigenvalue weighted by atomic mass is 10.0. The van der Waals surface area contributed by atoms with Gasteiger partial charge in [-0.2, -0.15) is 18.2 Å². The molecule has 0 unspecified atom stereocenters. The predicted molar refractivity (Wildman–Crippen MR) is 108 cm³/mol. The van der Waals surface area contributed by atoms with E-state index in [9.17, 15) is 13.2 Å². The van der Waals surface area contributed by atoms with Crippen molar-refractivity contribution in [3.05, 3.63) is 60.2 Å². The molecule has 164 valence electrons. The predicted octanol–water partition coefficient (Wildman–Crippen LogP) is 4.61. The SMILES string of the molecule is C=C(c1ccccc1-c1nc(C)no1)N(CC)[C@@H](C)COc1ncc(C(F)(F)F)cn1. The Morgan fingerprint density at radius 3 is 2.48 bits per heavy atom. The Morgan fingerprint density at radius 2 is 1.90 bits per heavy atom. The van der Waals surface area contributed by atoms with Gasteiger partial charge in [0.25, 0.3) is 5.89 Å². The molecule has 0 aliphatic rings. The summed E-state index contributed by atoms with van der Waals surface area (Å²) in [7, 11) is 0. The third-order valence-corrected chi connectivity index (χ3v) is 4.62. The number of rotatable bonds is 8. The van der Waals surface area contributed by atoms with Gasteiger partial charge in [0.05, 0.1) is 11.6 Å². The van der Waals surface area contributed by atoms with Gasteiger partial charge in [-0.1, -0.05) is 29.9 Å². The highest BCUT2D eigenvalue weighted by atomic mass is 19.4. The van der Waals surface area contributed by atoms with Crippen LogP contribution in [0.3, 0.4) is 0 Å². The van der Waals surface area contributed by atoms with Crippen LogP contribution in [-0.2, 0) is 6.18 Å². The first-order valence-electron chi connectivity index (χ1n) is 9.58. The highest BCUT2D eigenvalue weighted by Crippen LogP contribution is 2.30. The van der Waals surface area contributed by atoms with Crippen molar-refractivity contribution >= 4 is 5.70 Å². The summed E-state index contributed by atoms with van der Waals surface area (Å²) >= 11 is 0. The van der Waals surface area contributed by atoms with E-state index in [1.807, 2.05) is 43.0 Å². The molecule has 2 heterocycles. The molecule has 10 heteroatoms. The molecule has 0 bridgehead atoms. The Kier molecular flexibility index (Phi) is 6.57. The van der Waals surface area contributed by atoms with E-state index >= 15 is 0 Å². The highest BCUT2D eigenvalue weighted by Gasteiger charge is 2.31. The van der Waals surface area contributed by atoms with Crippen molar-refractivity contribution in [3.63, 3.8) is 0 Å². The molecule has 3 aromatic rings. The van der Waals surface area contributed by atoms with Gasteiger partial charge in [-0.25, -0.2) is 9.97 Å². The fraction of sp³-hybridized carbons (Fsp3) is 0.333. The second-order valence-corrected chi connectivity index (χ2v) is 6.84. The summed E-state index contributed by atoms with van der Waals surface area (Å²) in [5, 5.41) is 3.84. The lowest BCUT2D eigenvalue weighted by Crippen LogP contribution is -2.36. The topological polar surface area (TPSA) is 77.2 Å². The molecule has 0 aliphatic heterocycles. The standard InChI is InChI=1S/C21H22F3N5O2/c1-5-29(13(2)12-30-20-25-10-16(11-26-20)21(22,23)24)14(3)17-8-6-7-9-18(17)19-27-15(4)28-31-19/h6-11,13H,3,5,12H2,1-2,4H3/t13-/m0/s1. The summed E-state index contributed by atoms with van der Waals surface area (Å²) in [6, 6.07) is 7.25. The Bertz CT molecular complexity index is 1030. The van der Waals surface area contributed by atoms with Gasteiger partial charge < -0.3 is 14.2 Å². The summed E-state index contributed by atoms with van der Waals surface area (Å²) in [6.45, 7) is 10.6. The fourth-order valence-electron chi connectivity index (χ4n) is 3.07. The monoisotopic (exact) mass is 433 g/mol. The average molecular weight is 433 g/mol. The molecule has 1 aromatic carbocycles. The van der Waals surface area contributed by atoms with Crippen LogP contribution < -0.4 is 4.74 Å². The van der Waals surface area contributed by atoms with Crippen molar-refractivity contribution in [1.29, 1.82) is 0 Å². The van der Waals surface area contributed by atoms with Gasteiger partial charge in [0.2, 0.25) is 0 Å². The normalized spacial score (nSPS) is 12.5. The number of hydrogen-bond acceptors (Lipinski definition) is 7. The van der Waals surface area contributed by atoms with Gasteiger partial charge in [-0.3, -0.25) is 0 Å². The summed E-state index contributed by atoms with van der Waals surface area (Å²) < 4.78 is 48.7. The Balaban J connectivity index is 1.72. The first-order chi connectivity index (χ1) is 14.7. The van der Waals surface area contributed by atoms with Crippen molar-refractivity contribution in [3.8, 4) is 17.5 Å². The maximum atomic E-state index is 12.6. The number of benzene rings is 1. The molecule has 31 heavy (non-hydrogen) atoms. The van der Waals surface area contributed by atoms with Crippen LogP contribution in [0.5, 0.6) is 6.01 Å². The molecule has 0 N–H and O–H groups in total. The highest BCUT2D eigenvalue weighted by molar-refractivity contribution is 5.76. The minimum absolute atomic E-state index is 0.122. The molecular formula is C21H22F3N5O2. The Morgan fingerprint density at radius 1 is 1.23 bits per heavy atom. The lowest BCUT2D eigenvalue weighted by Gasteiger charge is -2.32. The van der Waals surface area contributed by atoms with Crippen LogP contribution in [0.4, 0.5) is 13.2 Å². The minimum Gasteiger partial charge on any atom is -0.461 e. The van der Waals surface area contributed by atoms with Crippen LogP contribution in [0, 0.1) is 6.92 Å². The summed E-state index contributed by atoms with van der Waals surface area (Å²) in [4.78, 5) is 13.6. The maximum Gasteiger partial charge on any atom is 0.419 e. The molecule has 0 saturated heterocycles. The first kappa shape index (κ1) is 22.3. The zero-order chi connectivity index (χ0) is 22.6. The molecule has 0 saturated carbocycles. The Labute approximate surface area is 177 Å². The van der Waals surface area contributed by atoms with Gasteiger partial charge in [-0.05, 0) is 26.8 Å². The van der Waals surface area contributed by atoms with Crippen LogP contribution in [0.1, 0.15) is 30.8 Å². The number of halogens is 3. The first-order valence-corrected chi connectivity index (χ1v) is 9.58. The zero-order valence-corrected chi connectivity index (χ0v) is 17.3. The van der Waals surface area contributed by atoms with E-state index in [0.29, 0.717) is 30.7 Å². The number of likely N-dealkylation sites (N-methyl/N-ethyl adjacent to an activating group) is 1. The van der Waals surface area contributed by atoms with E-state index in [2.05, 4.69) is 26.7 Å². The van der Waals surface area contributed by atoms with Gasteiger partial charge in [0, 0.05) is 35.8 Å². The second-order valence-electron chi connectivity index (χ2n) is 6.84. The number of hydrogen-bond donors (Lipinski definition) is 0. The molecule has 0 spiro atoms. The molecule has 0 aliphatic carbocycles. The van der Waals surface area contributed by atoms with Crippen LogP contribution in [0.25, 0.3) is 17.2 Å². The number of alkyl halides is 3. The average Bonchev–Trinajstić information content (AvgIpc) is 3.18. The minimum atomic E-state index is -4.49. The molecule has 0 radical (unpaired) electrons. The molecule has 7 nitrogen and oxygen atoms in total. The van der Waals surface area contributed by atoms with Crippen molar-refractivity contribution in [2.24, 2.45) is 0 Å². The van der Waals surface area contributed by atoms with E-state index in [1.165, 1.54) is 0 Å². The van der Waals surface area contributed by atoms with E-state index in [4.69, 9.17) is 9.26 Å². The van der Waals surface area contributed by atoms with Crippen LogP contribution in [-0.4, -0.2) is 44.2 Å². The molecule has 2 aromatic heterocycles. The molecule has 0 amide bonds. The second kappa shape index (κ2) is 9.15. The van der Waals surface area contributed by atoms with Crippen LogP contribution in [0.15, 0.2) is 47.8 Å². The number of aromatic nitrogens is 4. The zero-order valence-electron chi connectivity index (χ0n) is 17.3. The molecule has 1 atom stereocenters. The smallest absolute Gasteiger partial charge is 0.419 e.